The van der Waals surface area contributed by atoms with Crippen LogP contribution in [0.4, 0.5) is 11.4 Å². The average Bonchev–Trinajstić information content (AvgIpc) is 2.74. The predicted octanol–water partition coefficient (Wildman–Crippen LogP) is 4.08. The maximum Gasteiger partial charge on any atom is 0.264 e. The maximum atomic E-state index is 13.2. The van der Waals surface area contributed by atoms with E-state index in [2.05, 4.69) is 5.32 Å². The highest BCUT2D eigenvalue weighted by molar-refractivity contribution is 7.92. The van der Waals surface area contributed by atoms with Crippen molar-refractivity contribution in [3.63, 3.8) is 0 Å². The van der Waals surface area contributed by atoms with Gasteiger partial charge in [-0.3, -0.25) is 9.10 Å². The van der Waals surface area contributed by atoms with Crippen LogP contribution in [0.2, 0.25) is 0 Å². The van der Waals surface area contributed by atoms with Crippen LogP contribution in [-0.4, -0.2) is 28.5 Å². The van der Waals surface area contributed by atoms with E-state index in [1.54, 1.807) is 54.6 Å². The number of nitrogens with zero attached hydrogens (tertiary/aromatic N) is 1. The molecule has 0 aromatic heterocycles. The molecular weight excluding hydrogens is 388 g/mol. The van der Waals surface area contributed by atoms with Crippen molar-refractivity contribution < 1.29 is 17.9 Å². The number of sulfonamides is 1. The van der Waals surface area contributed by atoms with Crippen LogP contribution in [-0.2, 0) is 10.0 Å². The number of carbonyl (C=O) groups is 1. The second-order valence-corrected chi connectivity index (χ2v) is 8.40. The number of nitrogens with one attached hydrogen (secondary N) is 1. The first kappa shape index (κ1) is 20.4. The Morgan fingerprint density at radius 1 is 0.966 bits per heavy atom. The van der Waals surface area contributed by atoms with Gasteiger partial charge in [-0.05, 0) is 48.9 Å². The van der Waals surface area contributed by atoms with Crippen LogP contribution in [0, 0.1) is 6.92 Å². The normalized spacial score (nSPS) is 11.0. The van der Waals surface area contributed by atoms with E-state index in [1.165, 1.54) is 26.3 Å². The zero-order valence-corrected chi connectivity index (χ0v) is 17.2. The second-order valence-electron chi connectivity index (χ2n) is 6.46. The van der Waals surface area contributed by atoms with Gasteiger partial charge in [0, 0.05) is 7.05 Å². The molecule has 0 spiro atoms. The molecule has 0 fully saturated rings. The summed E-state index contributed by atoms with van der Waals surface area (Å²) in [6.45, 7) is 1.89. The molecule has 1 N–H and O–H groups in total. The molecule has 0 saturated heterocycles. The van der Waals surface area contributed by atoms with E-state index in [-0.39, 0.29) is 10.5 Å². The minimum Gasteiger partial charge on any atom is -0.495 e. The molecule has 3 aromatic carbocycles. The van der Waals surface area contributed by atoms with Crippen LogP contribution in [0.25, 0.3) is 0 Å². The monoisotopic (exact) mass is 410 g/mol. The Kier molecular flexibility index (Phi) is 5.89. The Hall–Kier alpha value is -3.32. The molecule has 150 valence electrons. The Labute approximate surface area is 170 Å². The summed E-state index contributed by atoms with van der Waals surface area (Å²) in [6.07, 6.45) is 0. The molecule has 0 heterocycles. The van der Waals surface area contributed by atoms with Gasteiger partial charge in [0.2, 0.25) is 0 Å². The van der Waals surface area contributed by atoms with Crippen molar-refractivity contribution in [1.82, 2.24) is 0 Å². The summed E-state index contributed by atoms with van der Waals surface area (Å²) >= 11 is 0. The lowest BCUT2D eigenvalue weighted by Gasteiger charge is -2.21. The van der Waals surface area contributed by atoms with Gasteiger partial charge in [0.1, 0.15) is 10.6 Å². The van der Waals surface area contributed by atoms with E-state index in [0.717, 1.165) is 9.87 Å². The van der Waals surface area contributed by atoms with Crippen molar-refractivity contribution in [2.45, 2.75) is 11.8 Å². The molecule has 7 heteroatoms. The third kappa shape index (κ3) is 4.25. The third-order valence-electron chi connectivity index (χ3n) is 4.49. The molecule has 0 aliphatic carbocycles. The molecule has 6 nitrogen and oxygen atoms in total. The maximum absolute atomic E-state index is 13.2. The fourth-order valence-electron chi connectivity index (χ4n) is 2.91. The quantitative estimate of drug-likeness (QED) is 0.664. The Bertz CT molecular complexity index is 1130. The second kappa shape index (κ2) is 8.36. The molecule has 0 aliphatic rings. The number of amides is 1. The number of hydrogen-bond donors (Lipinski definition) is 1. The van der Waals surface area contributed by atoms with Gasteiger partial charge in [-0.15, -0.1) is 0 Å². The minimum atomic E-state index is -3.94. The van der Waals surface area contributed by atoms with Gasteiger partial charge in [-0.25, -0.2) is 8.42 Å². The topological polar surface area (TPSA) is 75.7 Å². The molecule has 0 unspecified atom stereocenters. The predicted molar refractivity (Wildman–Crippen MR) is 114 cm³/mol. The fraction of sp³-hybridized carbons (Fsp3) is 0.136. The van der Waals surface area contributed by atoms with Crippen molar-refractivity contribution in [2.75, 3.05) is 23.8 Å². The van der Waals surface area contributed by atoms with Crippen LogP contribution in [0.15, 0.2) is 77.7 Å². The molecule has 1 amide bonds. The van der Waals surface area contributed by atoms with Crippen molar-refractivity contribution in [2.24, 2.45) is 0 Å². The number of hydrogen-bond acceptors (Lipinski definition) is 4. The zero-order chi connectivity index (χ0) is 21.0. The summed E-state index contributed by atoms with van der Waals surface area (Å²) in [7, 11) is -0.974. The highest BCUT2D eigenvalue weighted by Gasteiger charge is 2.27. The number of benzene rings is 3. The molecule has 0 radical (unpaired) electrons. The summed E-state index contributed by atoms with van der Waals surface area (Å²) in [5, 5.41) is 2.76. The molecule has 0 atom stereocenters. The van der Waals surface area contributed by atoms with Gasteiger partial charge in [-0.1, -0.05) is 36.4 Å². The number of aryl methyl sites for hydroxylation is 1. The largest absolute Gasteiger partial charge is 0.495 e. The molecule has 3 aromatic rings. The van der Waals surface area contributed by atoms with Crippen molar-refractivity contribution >= 4 is 27.3 Å². The third-order valence-corrected chi connectivity index (χ3v) is 6.34. The molecular formula is C22H22N2O4S. The van der Waals surface area contributed by atoms with Crippen molar-refractivity contribution in [3.05, 3.63) is 83.9 Å². The van der Waals surface area contributed by atoms with Gasteiger partial charge in [0.05, 0.1) is 24.0 Å². The summed E-state index contributed by atoms with van der Waals surface area (Å²) in [5.74, 6) is -0.0415. The first-order chi connectivity index (χ1) is 13.8. The van der Waals surface area contributed by atoms with E-state index in [1.807, 2.05) is 13.0 Å². The lowest BCUT2D eigenvalue weighted by Crippen LogP contribution is -2.29. The summed E-state index contributed by atoms with van der Waals surface area (Å²) < 4.78 is 32.9. The molecule has 0 aliphatic heterocycles. The Morgan fingerprint density at radius 2 is 1.62 bits per heavy atom. The van der Waals surface area contributed by atoms with Crippen LogP contribution < -0.4 is 14.4 Å². The summed E-state index contributed by atoms with van der Waals surface area (Å²) in [5.41, 5.74) is 1.97. The number of methoxy groups -OCH3 is 1. The number of carbonyl (C=O) groups excluding carboxylic acids is 1. The Morgan fingerprint density at radius 3 is 2.31 bits per heavy atom. The van der Waals surface area contributed by atoms with Gasteiger partial charge in [0.25, 0.3) is 15.9 Å². The average molecular weight is 410 g/mol. The van der Waals surface area contributed by atoms with Crippen LogP contribution in [0.1, 0.15) is 15.9 Å². The summed E-state index contributed by atoms with van der Waals surface area (Å²) in [4.78, 5) is 12.9. The van der Waals surface area contributed by atoms with Gasteiger partial charge < -0.3 is 10.1 Å². The van der Waals surface area contributed by atoms with Crippen LogP contribution >= 0.6 is 0 Å². The smallest absolute Gasteiger partial charge is 0.264 e. The summed E-state index contributed by atoms with van der Waals surface area (Å²) in [6, 6.07) is 20.2. The SMILES string of the molecule is COc1ccc(C)cc1NC(=O)c1ccccc1S(=O)(=O)N(C)c1ccccc1. The molecule has 29 heavy (non-hydrogen) atoms. The lowest BCUT2D eigenvalue weighted by atomic mass is 10.1. The highest BCUT2D eigenvalue weighted by atomic mass is 32.2. The van der Waals surface area contributed by atoms with Gasteiger partial charge >= 0.3 is 0 Å². The molecule has 0 bridgehead atoms. The number of anilines is 2. The lowest BCUT2D eigenvalue weighted by molar-refractivity contribution is 0.102. The molecule has 3 rings (SSSR count). The van der Waals surface area contributed by atoms with Gasteiger partial charge in [-0.2, -0.15) is 0 Å². The number of para-hydroxylation sites is 1. The van der Waals surface area contributed by atoms with E-state index in [4.69, 9.17) is 4.74 Å². The van der Waals surface area contributed by atoms with E-state index >= 15 is 0 Å². The molecule has 0 saturated carbocycles. The Balaban J connectivity index is 1.99. The zero-order valence-electron chi connectivity index (χ0n) is 16.4. The minimum absolute atomic E-state index is 0.0545. The van der Waals surface area contributed by atoms with Crippen molar-refractivity contribution in [3.8, 4) is 5.75 Å². The van der Waals surface area contributed by atoms with Crippen molar-refractivity contribution in [1.29, 1.82) is 0 Å². The van der Waals surface area contributed by atoms with Crippen LogP contribution in [0.5, 0.6) is 5.75 Å². The van der Waals surface area contributed by atoms with E-state index < -0.39 is 15.9 Å². The van der Waals surface area contributed by atoms with E-state index in [0.29, 0.717) is 17.1 Å². The van der Waals surface area contributed by atoms with E-state index in [9.17, 15) is 13.2 Å². The number of rotatable bonds is 6. The standard InChI is InChI=1S/C22H22N2O4S/c1-16-13-14-20(28-3)19(15-16)23-22(25)18-11-7-8-12-21(18)29(26,27)24(2)17-9-5-4-6-10-17/h4-15H,1-3H3,(H,23,25). The highest BCUT2D eigenvalue weighted by Crippen LogP contribution is 2.28. The van der Waals surface area contributed by atoms with Gasteiger partial charge in [0.15, 0.2) is 0 Å². The van der Waals surface area contributed by atoms with Crippen LogP contribution in [0.3, 0.4) is 0 Å². The number of ether oxygens (including phenoxy) is 1. The fourth-order valence-corrected chi connectivity index (χ4v) is 4.30. The first-order valence-corrected chi connectivity index (χ1v) is 10.4. The first-order valence-electron chi connectivity index (χ1n) is 8.93.